The smallest absolute Gasteiger partial charge is 0.387 e. The molecule has 0 unspecified atom stereocenters. The molecule has 10 heteroatoms. The van der Waals surface area contributed by atoms with Crippen LogP contribution in [0.1, 0.15) is 5.69 Å². The molecule has 7 nitrogen and oxygen atoms in total. The van der Waals surface area contributed by atoms with Gasteiger partial charge in [-0.05, 0) is 31.3 Å². The standard InChI is InChI=1S/C13H14F2N4O3S/c1-16-23(20,21)11-4-5-12(19-8-11)18-6-9-2-3-10(7-17-9)22-13(14)15/h2-5,7-8,13,16H,6H2,1H3,(H,18,19). The summed E-state index contributed by atoms with van der Waals surface area (Å²) in [6.45, 7) is -2.60. The SMILES string of the molecule is CNS(=O)(=O)c1ccc(NCc2ccc(OC(F)F)cn2)nc1. The molecule has 0 bridgehead atoms. The van der Waals surface area contributed by atoms with Gasteiger partial charge in [0.15, 0.2) is 0 Å². The summed E-state index contributed by atoms with van der Waals surface area (Å²) in [6, 6.07) is 5.84. The zero-order chi connectivity index (χ0) is 16.9. The van der Waals surface area contributed by atoms with Crippen molar-refractivity contribution in [3.05, 3.63) is 42.4 Å². The summed E-state index contributed by atoms with van der Waals surface area (Å²) >= 11 is 0. The summed E-state index contributed by atoms with van der Waals surface area (Å²) in [5.41, 5.74) is 0.584. The molecule has 2 rings (SSSR count). The number of nitrogens with zero attached hydrogens (tertiary/aromatic N) is 2. The number of hydrogen-bond donors (Lipinski definition) is 2. The van der Waals surface area contributed by atoms with E-state index in [0.29, 0.717) is 18.1 Å². The number of rotatable bonds is 7. The van der Waals surface area contributed by atoms with Crippen LogP contribution < -0.4 is 14.8 Å². The van der Waals surface area contributed by atoms with E-state index in [2.05, 4.69) is 24.7 Å². The fraction of sp³-hybridized carbons (Fsp3) is 0.231. The molecule has 0 fully saturated rings. The molecule has 0 aliphatic heterocycles. The number of halogens is 2. The Kier molecular flexibility index (Phi) is 5.40. The van der Waals surface area contributed by atoms with Crippen molar-refractivity contribution in [1.82, 2.24) is 14.7 Å². The minimum atomic E-state index is -3.52. The molecule has 0 spiro atoms. The average molecular weight is 344 g/mol. The molecule has 23 heavy (non-hydrogen) atoms. The van der Waals surface area contributed by atoms with Gasteiger partial charge in [0.25, 0.3) is 0 Å². The van der Waals surface area contributed by atoms with E-state index < -0.39 is 16.6 Å². The van der Waals surface area contributed by atoms with E-state index in [-0.39, 0.29) is 10.6 Å². The van der Waals surface area contributed by atoms with Crippen molar-refractivity contribution < 1.29 is 21.9 Å². The van der Waals surface area contributed by atoms with Gasteiger partial charge in [0.1, 0.15) is 16.5 Å². The Hall–Kier alpha value is -2.33. The first-order valence-corrected chi connectivity index (χ1v) is 7.92. The molecule has 0 aromatic carbocycles. The molecular formula is C13H14F2N4O3S. The van der Waals surface area contributed by atoms with Crippen LogP contribution in [0.25, 0.3) is 0 Å². The molecule has 2 heterocycles. The summed E-state index contributed by atoms with van der Waals surface area (Å²) in [5, 5.41) is 2.94. The van der Waals surface area contributed by atoms with Gasteiger partial charge in [-0.3, -0.25) is 4.98 Å². The first-order valence-electron chi connectivity index (χ1n) is 6.44. The highest BCUT2D eigenvalue weighted by Gasteiger charge is 2.11. The van der Waals surface area contributed by atoms with E-state index in [9.17, 15) is 17.2 Å². The van der Waals surface area contributed by atoms with Gasteiger partial charge in [-0.15, -0.1) is 0 Å². The number of alkyl halides is 2. The van der Waals surface area contributed by atoms with E-state index in [4.69, 9.17) is 0 Å². The van der Waals surface area contributed by atoms with Gasteiger partial charge in [0.2, 0.25) is 10.0 Å². The molecule has 2 N–H and O–H groups in total. The summed E-state index contributed by atoms with van der Waals surface area (Å²) in [7, 11) is -2.21. The summed E-state index contributed by atoms with van der Waals surface area (Å²) < 4.78 is 53.5. The maximum absolute atomic E-state index is 12.0. The van der Waals surface area contributed by atoms with Crippen molar-refractivity contribution >= 4 is 15.8 Å². The van der Waals surface area contributed by atoms with Crippen molar-refractivity contribution in [1.29, 1.82) is 0 Å². The largest absolute Gasteiger partial charge is 0.433 e. The number of hydrogen-bond acceptors (Lipinski definition) is 6. The highest BCUT2D eigenvalue weighted by molar-refractivity contribution is 7.89. The lowest BCUT2D eigenvalue weighted by Crippen LogP contribution is -2.18. The molecule has 2 aromatic rings. The minimum Gasteiger partial charge on any atom is -0.433 e. The third-order valence-corrected chi connectivity index (χ3v) is 4.19. The second-order valence-electron chi connectivity index (χ2n) is 4.30. The number of sulfonamides is 1. The van der Waals surface area contributed by atoms with Crippen LogP contribution in [0.15, 0.2) is 41.6 Å². The van der Waals surface area contributed by atoms with Crippen LogP contribution in [-0.4, -0.2) is 32.0 Å². The van der Waals surface area contributed by atoms with Crippen molar-refractivity contribution in [2.24, 2.45) is 0 Å². The van der Waals surface area contributed by atoms with E-state index in [1.54, 1.807) is 0 Å². The van der Waals surface area contributed by atoms with Gasteiger partial charge >= 0.3 is 6.61 Å². The van der Waals surface area contributed by atoms with Gasteiger partial charge < -0.3 is 10.1 Å². The summed E-state index contributed by atoms with van der Waals surface area (Å²) in [5.74, 6) is 0.429. The molecule has 0 radical (unpaired) electrons. The Labute approximate surface area is 131 Å². The quantitative estimate of drug-likeness (QED) is 0.792. The third-order valence-electron chi connectivity index (χ3n) is 2.79. The van der Waals surface area contributed by atoms with E-state index in [1.807, 2.05) is 0 Å². The highest BCUT2D eigenvalue weighted by Crippen LogP contribution is 2.14. The molecule has 0 aliphatic rings. The third kappa shape index (κ3) is 4.83. The Morgan fingerprint density at radius 1 is 1.17 bits per heavy atom. The van der Waals surface area contributed by atoms with E-state index in [1.165, 1.54) is 43.7 Å². The van der Waals surface area contributed by atoms with Crippen molar-refractivity contribution in [2.45, 2.75) is 18.1 Å². The van der Waals surface area contributed by atoms with Crippen molar-refractivity contribution in [3.8, 4) is 5.75 Å². The molecule has 0 saturated heterocycles. The Morgan fingerprint density at radius 2 is 1.96 bits per heavy atom. The summed E-state index contributed by atoms with van der Waals surface area (Å²) in [4.78, 5) is 8.00. The average Bonchev–Trinajstić information content (AvgIpc) is 2.54. The lowest BCUT2D eigenvalue weighted by molar-refractivity contribution is -0.0500. The van der Waals surface area contributed by atoms with Crippen LogP contribution >= 0.6 is 0 Å². The van der Waals surface area contributed by atoms with Crippen LogP contribution in [0.4, 0.5) is 14.6 Å². The van der Waals surface area contributed by atoms with Crippen LogP contribution in [0.3, 0.4) is 0 Å². The summed E-state index contributed by atoms with van der Waals surface area (Å²) in [6.07, 6.45) is 2.42. The molecule has 0 atom stereocenters. The number of pyridine rings is 2. The maximum Gasteiger partial charge on any atom is 0.387 e. The fourth-order valence-corrected chi connectivity index (χ4v) is 2.31. The Balaban J connectivity index is 1.96. The van der Waals surface area contributed by atoms with Crippen LogP contribution in [-0.2, 0) is 16.6 Å². The fourth-order valence-electron chi connectivity index (χ4n) is 1.63. The zero-order valence-electron chi connectivity index (χ0n) is 12.0. The Morgan fingerprint density at radius 3 is 2.48 bits per heavy atom. The van der Waals surface area contributed by atoms with Gasteiger partial charge in [0, 0.05) is 6.20 Å². The lowest BCUT2D eigenvalue weighted by Gasteiger charge is -2.08. The molecule has 2 aromatic heterocycles. The molecule has 0 saturated carbocycles. The topological polar surface area (TPSA) is 93.2 Å². The van der Waals surface area contributed by atoms with Crippen LogP contribution in [0, 0.1) is 0 Å². The van der Waals surface area contributed by atoms with E-state index in [0.717, 1.165) is 0 Å². The Bertz CT molecular complexity index is 737. The van der Waals surface area contributed by atoms with Gasteiger partial charge in [0.05, 0.1) is 18.4 Å². The first-order chi connectivity index (χ1) is 10.9. The number of ether oxygens (including phenoxy) is 1. The van der Waals surface area contributed by atoms with Gasteiger partial charge in [-0.25, -0.2) is 18.1 Å². The second-order valence-corrected chi connectivity index (χ2v) is 6.19. The minimum absolute atomic E-state index is 0.0245. The van der Waals surface area contributed by atoms with Crippen molar-refractivity contribution in [2.75, 3.05) is 12.4 Å². The molecular weight excluding hydrogens is 330 g/mol. The van der Waals surface area contributed by atoms with Gasteiger partial charge in [-0.2, -0.15) is 8.78 Å². The lowest BCUT2D eigenvalue weighted by atomic mass is 10.3. The highest BCUT2D eigenvalue weighted by atomic mass is 32.2. The predicted octanol–water partition coefficient (Wildman–Crippen LogP) is 1.60. The monoisotopic (exact) mass is 344 g/mol. The predicted molar refractivity (Wildman–Crippen MR) is 78.7 cm³/mol. The number of nitrogens with one attached hydrogen (secondary N) is 2. The number of anilines is 1. The van der Waals surface area contributed by atoms with Crippen LogP contribution in [0.2, 0.25) is 0 Å². The van der Waals surface area contributed by atoms with Crippen LogP contribution in [0.5, 0.6) is 5.75 Å². The molecule has 0 amide bonds. The molecule has 124 valence electrons. The zero-order valence-corrected chi connectivity index (χ0v) is 12.8. The second kappa shape index (κ2) is 7.29. The van der Waals surface area contributed by atoms with Crippen molar-refractivity contribution in [3.63, 3.8) is 0 Å². The molecule has 0 aliphatic carbocycles. The first kappa shape index (κ1) is 17.0. The van der Waals surface area contributed by atoms with Gasteiger partial charge in [-0.1, -0.05) is 0 Å². The number of aromatic nitrogens is 2. The maximum atomic E-state index is 12.0. The van der Waals surface area contributed by atoms with E-state index >= 15 is 0 Å². The normalized spacial score (nSPS) is 11.5.